The maximum atomic E-state index is 6.34. The van der Waals surface area contributed by atoms with Gasteiger partial charge in [-0.2, -0.15) is 0 Å². The summed E-state index contributed by atoms with van der Waals surface area (Å²) in [6.07, 6.45) is 2.45. The fourth-order valence-electron chi connectivity index (χ4n) is 2.26. The minimum Gasteiger partial charge on any atom is -0.397 e. The van der Waals surface area contributed by atoms with E-state index in [0.29, 0.717) is 0 Å². The summed E-state index contributed by atoms with van der Waals surface area (Å²) in [5.41, 5.74) is 9.54. The second kappa shape index (κ2) is 6.38. The van der Waals surface area contributed by atoms with Gasteiger partial charge in [0, 0.05) is 5.39 Å². The van der Waals surface area contributed by atoms with E-state index < -0.39 is 0 Å². The molecule has 0 atom stereocenters. The van der Waals surface area contributed by atoms with Crippen LogP contribution < -0.4 is 5.73 Å². The van der Waals surface area contributed by atoms with Gasteiger partial charge in [0.1, 0.15) is 4.83 Å². The van der Waals surface area contributed by atoms with Gasteiger partial charge in [-0.15, -0.1) is 34.4 Å². The van der Waals surface area contributed by atoms with E-state index >= 15 is 0 Å². The summed E-state index contributed by atoms with van der Waals surface area (Å²) in [6.45, 7) is 4.35. The Labute approximate surface area is 137 Å². The van der Waals surface area contributed by atoms with Gasteiger partial charge in [-0.05, 0) is 42.2 Å². The van der Waals surface area contributed by atoms with Crippen molar-refractivity contribution in [1.29, 1.82) is 0 Å². The highest BCUT2D eigenvalue weighted by Crippen LogP contribution is 2.42. The van der Waals surface area contributed by atoms with Crippen molar-refractivity contribution in [3.8, 4) is 10.6 Å². The monoisotopic (exact) mass is 334 g/mol. The van der Waals surface area contributed by atoms with E-state index in [4.69, 9.17) is 10.7 Å². The van der Waals surface area contributed by atoms with Gasteiger partial charge in [0.15, 0.2) is 0 Å². The van der Waals surface area contributed by atoms with E-state index in [-0.39, 0.29) is 0 Å². The van der Waals surface area contributed by atoms with Crippen molar-refractivity contribution < 1.29 is 0 Å². The van der Waals surface area contributed by atoms with Crippen LogP contribution in [0.2, 0.25) is 0 Å². The van der Waals surface area contributed by atoms with Gasteiger partial charge in [0.2, 0.25) is 0 Å². The van der Waals surface area contributed by atoms with Crippen LogP contribution in [-0.4, -0.2) is 10.7 Å². The highest BCUT2D eigenvalue weighted by molar-refractivity contribution is 8.01. The lowest BCUT2D eigenvalue weighted by Gasteiger charge is -2.02. The second-order valence-corrected chi connectivity index (χ2v) is 8.30. The molecule has 3 heterocycles. The zero-order valence-electron chi connectivity index (χ0n) is 12.2. The molecule has 5 heteroatoms. The van der Waals surface area contributed by atoms with E-state index in [9.17, 15) is 0 Å². The summed E-state index contributed by atoms with van der Waals surface area (Å²) in [6, 6.07) is 6.33. The van der Waals surface area contributed by atoms with E-state index in [2.05, 4.69) is 37.4 Å². The Hall–Kier alpha value is -1.04. The Balaban J connectivity index is 2.03. The molecule has 0 unspecified atom stereocenters. The predicted molar refractivity (Wildman–Crippen MR) is 97.7 cm³/mol. The molecular weight excluding hydrogens is 316 g/mol. The molecule has 2 N–H and O–H groups in total. The molecule has 3 aromatic rings. The number of nitrogens with two attached hydrogens (primary N) is 1. The Morgan fingerprint density at radius 3 is 2.95 bits per heavy atom. The molecule has 3 rings (SSSR count). The highest BCUT2D eigenvalue weighted by Gasteiger charge is 2.15. The Morgan fingerprint density at radius 1 is 1.38 bits per heavy atom. The largest absolute Gasteiger partial charge is 0.397 e. The third-order valence-electron chi connectivity index (χ3n) is 3.37. The predicted octanol–water partition coefficient (Wildman–Crippen LogP) is 5.81. The zero-order valence-corrected chi connectivity index (χ0v) is 14.6. The molecule has 0 amide bonds. The number of unbranched alkanes of at least 4 members (excludes halogenated alkanes) is 1. The van der Waals surface area contributed by atoms with Crippen LogP contribution in [0.4, 0.5) is 5.69 Å². The first-order valence-electron chi connectivity index (χ1n) is 7.07. The van der Waals surface area contributed by atoms with E-state index in [1.54, 1.807) is 22.7 Å². The molecule has 0 saturated heterocycles. The maximum absolute atomic E-state index is 6.34. The molecule has 2 nitrogen and oxygen atoms in total. The van der Waals surface area contributed by atoms with E-state index in [1.165, 1.54) is 27.5 Å². The molecule has 110 valence electrons. The third kappa shape index (κ3) is 2.96. The van der Waals surface area contributed by atoms with E-state index in [0.717, 1.165) is 27.4 Å². The van der Waals surface area contributed by atoms with Crippen LogP contribution in [0.1, 0.15) is 25.3 Å². The number of fused-ring (bicyclic) bond motifs is 1. The first-order valence-corrected chi connectivity index (χ1v) is 9.75. The molecule has 21 heavy (non-hydrogen) atoms. The molecule has 3 aromatic heterocycles. The molecule has 0 bridgehead atoms. The van der Waals surface area contributed by atoms with Crippen LogP contribution in [0.25, 0.3) is 20.8 Å². The fraction of sp³-hybridized carbons (Fsp3) is 0.312. The Bertz CT molecular complexity index is 745. The van der Waals surface area contributed by atoms with Crippen molar-refractivity contribution in [2.75, 3.05) is 11.5 Å². The van der Waals surface area contributed by atoms with Gasteiger partial charge in [-0.1, -0.05) is 19.4 Å². The van der Waals surface area contributed by atoms with Crippen LogP contribution in [0.15, 0.2) is 27.8 Å². The lowest BCUT2D eigenvalue weighted by molar-refractivity contribution is 0.897. The summed E-state index contributed by atoms with van der Waals surface area (Å²) in [4.78, 5) is 7.10. The molecule has 0 aliphatic heterocycles. The summed E-state index contributed by atoms with van der Waals surface area (Å²) in [7, 11) is 0. The number of thioether (sulfide) groups is 1. The number of pyridine rings is 1. The Kier molecular flexibility index (Phi) is 4.52. The number of anilines is 1. The molecule has 0 saturated carbocycles. The van der Waals surface area contributed by atoms with Gasteiger partial charge < -0.3 is 5.73 Å². The topological polar surface area (TPSA) is 38.9 Å². The number of nitrogens with zero attached hydrogens (tertiary/aromatic N) is 1. The zero-order chi connectivity index (χ0) is 14.8. The van der Waals surface area contributed by atoms with Crippen LogP contribution in [0, 0.1) is 6.92 Å². The maximum Gasteiger partial charge on any atom is 0.127 e. The number of aryl methyl sites for hydroxylation is 1. The number of rotatable bonds is 5. The van der Waals surface area contributed by atoms with Gasteiger partial charge in [-0.3, -0.25) is 0 Å². The minimum atomic E-state index is 0.916. The number of hydrogen-bond donors (Lipinski definition) is 1. The van der Waals surface area contributed by atoms with Crippen molar-refractivity contribution >= 4 is 50.3 Å². The number of aromatic nitrogens is 1. The third-order valence-corrected chi connectivity index (χ3v) is 6.73. The first-order chi connectivity index (χ1) is 10.2. The molecule has 0 spiro atoms. The van der Waals surface area contributed by atoms with Crippen LogP contribution >= 0.6 is 34.4 Å². The van der Waals surface area contributed by atoms with Crippen LogP contribution in [0.5, 0.6) is 0 Å². The van der Waals surface area contributed by atoms with Crippen molar-refractivity contribution in [1.82, 2.24) is 4.98 Å². The second-order valence-electron chi connectivity index (χ2n) is 4.99. The lowest BCUT2D eigenvalue weighted by atomic mass is 10.1. The minimum absolute atomic E-state index is 0.916. The average Bonchev–Trinajstić information content (AvgIpc) is 3.08. The van der Waals surface area contributed by atoms with Gasteiger partial charge in [-0.25, -0.2) is 4.98 Å². The quantitative estimate of drug-likeness (QED) is 0.473. The van der Waals surface area contributed by atoms with Crippen LogP contribution in [-0.2, 0) is 0 Å². The molecule has 0 aliphatic rings. The summed E-state index contributed by atoms with van der Waals surface area (Å²) in [5.74, 6) is 1.13. The van der Waals surface area contributed by atoms with Crippen molar-refractivity contribution in [3.63, 3.8) is 0 Å². The summed E-state index contributed by atoms with van der Waals surface area (Å²) >= 11 is 5.32. The lowest BCUT2D eigenvalue weighted by Crippen LogP contribution is -1.89. The normalized spacial score (nSPS) is 11.3. The molecule has 0 aromatic carbocycles. The van der Waals surface area contributed by atoms with Crippen LogP contribution in [0.3, 0.4) is 0 Å². The van der Waals surface area contributed by atoms with Crippen molar-refractivity contribution in [3.05, 3.63) is 29.1 Å². The molecular formula is C16H18N2S3. The van der Waals surface area contributed by atoms with Crippen molar-refractivity contribution in [2.45, 2.75) is 30.9 Å². The highest BCUT2D eigenvalue weighted by atomic mass is 32.2. The summed E-state index contributed by atoms with van der Waals surface area (Å²) < 4.78 is 1.22. The molecule has 0 radical (unpaired) electrons. The SMILES string of the molecule is CCCCSc1sc2nc(-c3cccs3)cc(C)c2c1N. The standard InChI is InChI=1S/C16H18N2S3/c1-3-4-7-20-16-14(17)13-10(2)9-11(18-15(13)21-16)12-6-5-8-19-12/h5-6,8-9H,3-4,7,17H2,1-2H3. The van der Waals surface area contributed by atoms with Gasteiger partial charge in [0.25, 0.3) is 0 Å². The first kappa shape index (κ1) is 14.9. The molecule has 0 aliphatic carbocycles. The van der Waals surface area contributed by atoms with E-state index in [1.807, 2.05) is 11.8 Å². The van der Waals surface area contributed by atoms with Gasteiger partial charge in [0.05, 0.1) is 20.5 Å². The number of thiophene rings is 2. The number of nitrogen functional groups attached to an aromatic ring is 1. The van der Waals surface area contributed by atoms with Crippen molar-refractivity contribution in [2.24, 2.45) is 0 Å². The summed E-state index contributed by atoms with van der Waals surface area (Å²) in [5, 5.41) is 3.23. The van der Waals surface area contributed by atoms with Gasteiger partial charge >= 0.3 is 0 Å². The smallest absolute Gasteiger partial charge is 0.127 e. The molecule has 0 fully saturated rings. The Morgan fingerprint density at radius 2 is 2.24 bits per heavy atom. The fourth-order valence-corrected chi connectivity index (χ4v) is 5.45. The average molecular weight is 335 g/mol. The number of hydrogen-bond acceptors (Lipinski definition) is 5.